The lowest BCUT2D eigenvalue weighted by atomic mass is 9.61. The third kappa shape index (κ3) is 3.85. The minimum absolute atomic E-state index is 0.0408. The van der Waals surface area contributed by atoms with Crippen molar-refractivity contribution in [2.75, 3.05) is 19.6 Å². The number of carbonyl (C=O) groups is 3. The number of fused-ring (bicyclic) bond motifs is 1. The predicted molar refractivity (Wildman–Crippen MR) is 125 cm³/mol. The quantitative estimate of drug-likeness (QED) is 0.620. The van der Waals surface area contributed by atoms with Crippen LogP contribution in [-0.4, -0.2) is 58.3 Å². The first-order valence-electron chi connectivity index (χ1n) is 12.5. The number of piperidine rings is 2. The Labute approximate surface area is 200 Å². The maximum Gasteiger partial charge on any atom is 0.255 e. The molecule has 2 fully saturated rings. The fourth-order valence-corrected chi connectivity index (χ4v) is 6.30. The molecule has 0 aliphatic carbocycles. The van der Waals surface area contributed by atoms with Crippen LogP contribution in [0.1, 0.15) is 81.3 Å². The summed E-state index contributed by atoms with van der Waals surface area (Å²) in [6, 6.07) is 2.36. The van der Waals surface area contributed by atoms with E-state index in [1.165, 1.54) is 4.90 Å². The minimum atomic E-state index is -1.35. The van der Waals surface area contributed by atoms with E-state index in [9.17, 15) is 19.5 Å². The average Bonchev–Trinajstić information content (AvgIpc) is 3.12. The first-order chi connectivity index (χ1) is 16.1. The van der Waals surface area contributed by atoms with Crippen LogP contribution in [0.15, 0.2) is 12.1 Å². The molecule has 1 aromatic carbocycles. The topological polar surface area (TPSA) is 89.9 Å². The summed E-state index contributed by atoms with van der Waals surface area (Å²) >= 11 is 0. The molecule has 186 valence electrons. The SMILES string of the molecule is CCC1(CC)CN(CC(C)C)CC[C@]1(O)c1ccc2c(c1F)CN(C1CCC(=O)NC1=O)C2=O. The van der Waals surface area contributed by atoms with Gasteiger partial charge in [-0.25, -0.2) is 4.39 Å². The Kier molecular flexibility index (Phi) is 6.59. The van der Waals surface area contributed by atoms with Gasteiger partial charge in [0.15, 0.2) is 0 Å². The van der Waals surface area contributed by atoms with Crippen molar-refractivity contribution < 1.29 is 23.9 Å². The molecule has 0 saturated carbocycles. The summed E-state index contributed by atoms with van der Waals surface area (Å²) < 4.78 is 16.1. The molecule has 4 rings (SSSR count). The number of rotatable bonds is 6. The lowest BCUT2D eigenvalue weighted by Gasteiger charge is -2.54. The van der Waals surface area contributed by atoms with Crippen LogP contribution in [0.4, 0.5) is 4.39 Å². The molecule has 8 heteroatoms. The second-order valence-corrected chi connectivity index (χ2v) is 10.6. The van der Waals surface area contributed by atoms with Crippen LogP contribution in [0, 0.1) is 17.2 Å². The number of hydrogen-bond donors (Lipinski definition) is 2. The van der Waals surface area contributed by atoms with Crippen molar-refractivity contribution in [3.05, 3.63) is 34.6 Å². The van der Waals surface area contributed by atoms with Gasteiger partial charge in [0.25, 0.3) is 5.91 Å². The Morgan fingerprint density at radius 2 is 1.91 bits per heavy atom. The summed E-state index contributed by atoms with van der Waals surface area (Å²) in [7, 11) is 0. The van der Waals surface area contributed by atoms with Crippen molar-refractivity contribution in [2.45, 2.75) is 78.0 Å². The van der Waals surface area contributed by atoms with Crippen molar-refractivity contribution in [1.29, 1.82) is 0 Å². The molecule has 3 amide bonds. The van der Waals surface area contributed by atoms with Gasteiger partial charge >= 0.3 is 0 Å². The van der Waals surface area contributed by atoms with E-state index in [4.69, 9.17) is 0 Å². The van der Waals surface area contributed by atoms with E-state index in [1.54, 1.807) is 12.1 Å². The van der Waals surface area contributed by atoms with Crippen molar-refractivity contribution in [1.82, 2.24) is 15.1 Å². The number of benzene rings is 1. The molecule has 3 aliphatic heterocycles. The Hall–Kier alpha value is -2.32. The zero-order valence-corrected chi connectivity index (χ0v) is 20.6. The Morgan fingerprint density at radius 3 is 2.53 bits per heavy atom. The van der Waals surface area contributed by atoms with E-state index < -0.39 is 34.7 Å². The highest BCUT2D eigenvalue weighted by atomic mass is 19.1. The van der Waals surface area contributed by atoms with E-state index in [-0.39, 0.29) is 42.0 Å². The molecule has 0 spiro atoms. The van der Waals surface area contributed by atoms with Gasteiger partial charge in [0.1, 0.15) is 17.5 Å². The summed E-state index contributed by atoms with van der Waals surface area (Å²) in [5.41, 5.74) is -1.16. The minimum Gasteiger partial charge on any atom is -0.384 e. The summed E-state index contributed by atoms with van der Waals surface area (Å²) in [4.78, 5) is 40.6. The lowest BCUT2D eigenvalue weighted by molar-refractivity contribution is -0.150. The molecule has 0 aromatic heterocycles. The first kappa shape index (κ1) is 24.8. The van der Waals surface area contributed by atoms with Gasteiger partial charge in [0, 0.05) is 48.2 Å². The molecule has 1 unspecified atom stereocenters. The van der Waals surface area contributed by atoms with Gasteiger partial charge in [-0.3, -0.25) is 19.7 Å². The number of nitrogens with one attached hydrogen (secondary N) is 1. The lowest BCUT2D eigenvalue weighted by Crippen LogP contribution is -2.58. The van der Waals surface area contributed by atoms with Gasteiger partial charge in [0.2, 0.25) is 11.8 Å². The first-order valence-corrected chi connectivity index (χ1v) is 12.5. The molecular formula is C26H36FN3O4. The summed E-state index contributed by atoms with van der Waals surface area (Å²) in [5, 5.41) is 14.4. The predicted octanol–water partition coefficient (Wildman–Crippen LogP) is 2.94. The van der Waals surface area contributed by atoms with Crippen LogP contribution in [0.25, 0.3) is 0 Å². The molecule has 2 saturated heterocycles. The van der Waals surface area contributed by atoms with Crippen LogP contribution in [0.3, 0.4) is 0 Å². The molecule has 0 radical (unpaired) electrons. The third-order valence-corrected chi connectivity index (χ3v) is 8.27. The van der Waals surface area contributed by atoms with Crippen LogP contribution in [0.5, 0.6) is 0 Å². The number of nitrogens with zero attached hydrogens (tertiary/aromatic N) is 2. The molecule has 34 heavy (non-hydrogen) atoms. The monoisotopic (exact) mass is 473 g/mol. The zero-order chi connectivity index (χ0) is 24.8. The molecule has 1 aromatic rings. The molecule has 2 atom stereocenters. The van der Waals surface area contributed by atoms with Crippen LogP contribution < -0.4 is 5.32 Å². The largest absolute Gasteiger partial charge is 0.384 e. The Morgan fingerprint density at radius 1 is 1.21 bits per heavy atom. The summed E-state index contributed by atoms with van der Waals surface area (Å²) in [6.45, 7) is 10.7. The van der Waals surface area contributed by atoms with Crippen molar-refractivity contribution >= 4 is 17.7 Å². The van der Waals surface area contributed by atoms with Gasteiger partial charge < -0.3 is 14.9 Å². The van der Waals surface area contributed by atoms with Gasteiger partial charge in [0.05, 0.1) is 6.54 Å². The fourth-order valence-electron chi connectivity index (χ4n) is 6.30. The van der Waals surface area contributed by atoms with Gasteiger partial charge in [-0.1, -0.05) is 33.8 Å². The molecule has 0 bridgehead atoms. The average molecular weight is 474 g/mol. The smallest absolute Gasteiger partial charge is 0.255 e. The van der Waals surface area contributed by atoms with Gasteiger partial charge in [-0.05, 0) is 37.7 Å². The molecule has 2 N–H and O–H groups in total. The Balaban J connectivity index is 1.68. The van der Waals surface area contributed by atoms with Crippen LogP contribution >= 0.6 is 0 Å². The third-order valence-electron chi connectivity index (χ3n) is 8.27. The highest BCUT2D eigenvalue weighted by molar-refractivity contribution is 6.05. The zero-order valence-electron chi connectivity index (χ0n) is 20.6. The number of likely N-dealkylation sites (tertiary alicyclic amines) is 1. The standard InChI is InChI=1S/C26H36FN3O4/c1-5-25(6-2)15-29(13-16(3)4)12-11-26(25,34)19-8-7-17-18(22(19)27)14-30(24(17)33)20-9-10-21(31)28-23(20)32/h7-8,16,20,34H,5-6,9-15H2,1-4H3,(H,28,31,32)/t20?,26-/m0/s1. The Bertz CT molecular complexity index is 1010. The molecule has 3 aliphatic rings. The molecule has 7 nitrogen and oxygen atoms in total. The number of hydrogen-bond acceptors (Lipinski definition) is 5. The maximum atomic E-state index is 16.1. The van der Waals surface area contributed by atoms with E-state index in [0.29, 0.717) is 38.3 Å². The van der Waals surface area contributed by atoms with Gasteiger partial charge in [-0.15, -0.1) is 0 Å². The number of imide groups is 1. The number of halogens is 1. The molecular weight excluding hydrogens is 437 g/mol. The van der Waals surface area contributed by atoms with Crippen molar-refractivity contribution in [3.8, 4) is 0 Å². The second kappa shape index (κ2) is 9.04. The van der Waals surface area contributed by atoms with Crippen molar-refractivity contribution in [3.63, 3.8) is 0 Å². The van der Waals surface area contributed by atoms with E-state index in [0.717, 1.165) is 6.54 Å². The molecule has 3 heterocycles. The number of amides is 3. The van der Waals surface area contributed by atoms with Gasteiger partial charge in [-0.2, -0.15) is 0 Å². The summed E-state index contributed by atoms with van der Waals surface area (Å²) in [5.74, 6) is -1.35. The fraction of sp³-hybridized carbons (Fsp3) is 0.654. The number of aliphatic hydroxyl groups is 1. The van der Waals surface area contributed by atoms with Crippen LogP contribution in [0.2, 0.25) is 0 Å². The maximum absolute atomic E-state index is 16.1. The number of carbonyl (C=O) groups excluding carboxylic acids is 3. The van der Waals surface area contributed by atoms with E-state index in [2.05, 4.69) is 24.1 Å². The summed E-state index contributed by atoms with van der Waals surface area (Å²) in [6.07, 6.45) is 2.19. The van der Waals surface area contributed by atoms with E-state index >= 15 is 4.39 Å². The second-order valence-electron chi connectivity index (χ2n) is 10.6. The highest BCUT2D eigenvalue weighted by Gasteiger charge is 2.54. The normalized spacial score (nSPS) is 27.3. The highest BCUT2D eigenvalue weighted by Crippen LogP contribution is 2.52. The van der Waals surface area contributed by atoms with Crippen molar-refractivity contribution in [2.24, 2.45) is 11.3 Å². The van der Waals surface area contributed by atoms with E-state index in [1.807, 2.05) is 13.8 Å². The van der Waals surface area contributed by atoms with Crippen LogP contribution in [-0.2, 0) is 21.7 Å².